The Morgan fingerprint density at radius 2 is 1.84 bits per heavy atom. The van der Waals surface area contributed by atoms with Crippen molar-refractivity contribution in [2.24, 2.45) is 5.73 Å². The number of hydrogen-bond donors (Lipinski definition) is 4. The van der Waals surface area contributed by atoms with Gasteiger partial charge in [0.2, 0.25) is 29.5 Å². The first-order chi connectivity index (χ1) is 15.3. The quantitative estimate of drug-likeness (QED) is 0.358. The van der Waals surface area contributed by atoms with E-state index in [0.29, 0.717) is 25.8 Å². The van der Waals surface area contributed by atoms with Gasteiger partial charge in [-0.1, -0.05) is 0 Å². The zero-order valence-corrected chi connectivity index (χ0v) is 18.4. The Morgan fingerprint density at radius 1 is 1.12 bits per heavy atom. The van der Waals surface area contributed by atoms with Gasteiger partial charge in [0.05, 0.1) is 12.5 Å². The van der Waals surface area contributed by atoms with E-state index in [1.54, 1.807) is 7.11 Å². The number of primary amides is 1. The van der Waals surface area contributed by atoms with E-state index in [-0.39, 0.29) is 36.8 Å². The average molecular weight is 452 g/mol. The smallest absolute Gasteiger partial charge is 0.246 e. The minimum absolute atomic E-state index is 0.0403. The molecule has 3 aliphatic rings. The van der Waals surface area contributed by atoms with Crippen molar-refractivity contribution in [3.8, 4) is 0 Å². The third-order valence-corrected chi connectivity index (χ3v) is 6.52. The monoisotopic (exact) mass is 451 g/mol. The molecule has 0 aromatic heterocycles. The highest BCUT2D eigenvalue weighted by Crippen LogP contribution is 2.23. The molecule has 3 unspecified atom stereocenters. The number of nitrogens with one attached hydrogen (secondary N) is 3. The third kappa shape index (κ3) is 5.96. The van der Waals surface area contributed by atoms with E-state index in [1.165, 1.54) is 4.90 Å². The summed E-state index contributed by atoms with van der Waals surface area (Å²) in [6, 6.07) is -2.53. The highest BCUT2D eigenvalue weighted by molar-refractivity contribution is 5.97. The fourth-order valence-corrected chi connectivity index (χ4v) is 4.73. The lowest BCUT2D eigenvalue weighted by Gasteiger charge is -2.32. The predicted molar refractivity (Wildman–Crippen MR) is 113 cm³/mol. The summed E-state index contributed by atoms with van der Waals surface area (Å²) in [6.07, 6.45) is 4.94. The van der Waals surface area contributed by atoms with Gasteiger partial charge in [0.1, 0.15) is 18.1 Å². The summed E-state index contributed by atoms with van der Waals surface area (Å²) in [7, 11) is 1.69. The molecule has 5 amide bonds. The number of nitrogens with zero attached hydrogens (tertiary/aromatic N) is 1. The summed E-state index contributed by atoms with van der Waals surface area (Å²) in [5, 5.41) is 8.13. The van der Waals surface area contributed by atoms with E-state index in [4.69, 9.17) is 10.5 Å². The molecule has 0 aromatic carbocycles. The minimum Gasteiger partial charge on any atom is -0.381 e. The number of carbonyl (C=O) groups excluding carboxylic acids is 5. The number of carbonyl (C=O) groups is 5. The van der Waals surface area contributed by atoms with Crippen molar-refractivity contribution in [2.45, 2.75) is 88.1 Å². The SMILES string of the molecule is COC1CCC(NC(=O)C2CCCN2C(=O)C(CC(N)=O)NC(=O)C2CCC(=O)N2)CC1. The summed E-state index contributed by atoms with van der Waals surface area (Å²) < 4.78 is 5.36. The molecule has 1 aliphatic carbocycles. The van der Waals surface area contributed by atoms with E-state index in [0.717, 1.165) is 25.7 Å². The van der Waals surface area contributed by atoms with Crippen molar-refractivity contribution in [2.75, 3.05) is 13.7 Å². The fraction of sp³-hybridized carbons (Fsp3) is 0.762. The maximum atomic E-state index is 13.2. The highest BCUT2D eigenvalue weighted by atomic mass is 16.5. The lowest BCUT2D eigenvalue weighted by atomic mass is 9.92. The average Bonchev–Trinajstić information content (AvgIpc) is 3.42. The van der Waals surface area contributed by atoms with Crippen molar-refractivity contribution in [3.63, 3.8) is 0 Å². The lowest BCUT2D eigenvalue weighted by Crippen LogP contribution is -2.57. The molecule has 11 nitrogen and oxygen atoms in total. The molecule has 0 radical (unpaired) electrons. The van der Waals surface area contributed by atoms with Gasteiger partial charge in [-0.15, -0.1) is 0 Å². The van der Waals surface area contributed by atoms with Crippen molar-refractivity contribution >= 4 is 29.5 Å². The minimum atomic E-state index is -1.18. The molecule has 32 heavy (non-hydrogen) atoms. The lowest BCUT2D eigenvalue weighted by molar-refractivity contribution is -0.143. The zero-order valence-electron chi connectivity index (χ0n) is 18.4. The van der Waals surface area contributed by atoms with Crippen molar-refractivity contribution in [1.82, 2.24) is 20.9 Å². The summed E-state index contributed by atoms with van der Waals surface area (Å²) in [5.74, 6) is -2.25. The standard InChI is InChI=1S/C21H33N5O6/c1-32-13-6-4-12(5-7-13)23-20(30)16-3-2-10-26(16)21(31)15(11-17(22)27)25-19(29)14-8-9-18(28)24-14/h12-16H,2-11H2,1H3,(H2,22,27)(H,23,30)(H,24,28)(H,25,29). The van der Waals surface area contributed by atoms with Crippen molar-refractivity contribution < 1.29 is 28.7 Å². The van der Waals surface area contributed by atoms with Crippen LogP contribution in [0.4, 0.5) is 0 Å². The molecule has 0 aromatic rings. The molecule has 178 valence electrons. The van der Waals surface area contributed by atoms with Gasteiger partial charge in [0, 0.05) is 26.1 Å². The second-order valence-corrected chi connectivity index (χ2v) is 8.80. The zero-order chi connectivity index (χ0) is 23.3. The molecule has 3 fully saturated rings. The summed E-state index contributed by atoms with van der Waals surface area (Å²) in [5.41, 5.74) is 5.30. The maximum absolute atomic E-state index is 13.2. The Morgan fingerprint density at radius 3 is 2.44 bits per heavy atom. The summed E-state index contributed by atoms with van der Waals surface area (Å²) >= 11 is 0. The molecular formula is C21H33N5O6. The number of hydrogen-bond acceptors (Lipinski definition) is 6. The molecule has 0 spiro atoms. The topological polar surface area (TPSA) is 160 Å². The molecule has 3 atom stereocenters. The van der Waals surface area contributed by atoms with Gasteiger partial charge in [0.15, 0.2) is 0 Å². The van der Waals surface area contributed by atoms with Crippen LogP contribution in [-0.4, -0.2) is 78.4 Å². The molecule has 3 rings (SSSR count). The second kappa shape index (κ2) is 10.8. The van der Waals surface area contributed by atoms with Crippen LogP contribution in [-0.2, 0) is 28.7 Å². The predicted octanol–water partition coefficient (Wildman–Crippen LogP) is -1.31. The fourth-order valence-electron chi connectivity index (χ4n) is 4.73. The van der Waals surface area contributed by atoms with Crippen LogP contribution in [0.5, 0.6) is 0 Å². The Bertz CT molecular complexity index is 751. The molecule has 2 saturated heterocycles. The van der Waals surface area contributed by atoms with Crippen molar-refractivity contribution in [1.29, 1.82) is 0 Å². The van der Waals surface area contributed by atoms with E-state index < -0.39 is 35.8 Å². The Hall–Kier alpha value is -2.69. The van der Waals surface area contributed by atoms with Crippen LogP contribution in [0.1, 0.15) is 57.8 Å². The van der Waals surface area contributed by atoms with Gasteiger partial charge in [-0.3, -0.25) is 24.0 Å². The maximum Gasteiger partial charge on any atom is 0.246 e. The van der Waals surface area contributed by atoms with Gasteiger partial charge in [0.25, 0.3) is 0 Å². The van der Waals surface area contributed by atoms with Crippen LogP contribution in [0.15, 0.2) is 0 Å². The first kappa shape index (κ1) is 24.0. The number of ether oxygens (including phenoxy) is 1. The number of nitrogens with two attached hydrogens (primary N) is 1. The molecule has 0 bridgehead atoms. The number of likely N-dealkylation sites (tertiary alicyclic amines) is 1. The van der Waals surface area contributed by atoms with E-state index >= 15 is 0 Å². The normalized spacial score (nSPS) is 28.7. The Labute approximate surface area is 187 Å². The third-order valence-electron chi connectivity index (χ3n) is 6.52. The van der Waals surface area contributed by atoms with Crippen LogP contribution >= 0.6 is 0 Å². The summed E-state index contributed by atoms with van der Waals surface area (Å²) in [6.45, 7) is 0.360. The molecular weight excluding hydrogens is 418 g/mol. The molecule has 2 aliphatic heterocycles. The van der Waals surface area contributed by atoms with Gasteiger partial charge >= 0.3 is 0 Å². The van der Waals surface area contributed by atoms with Gasteiger partial charge in [-0.25, -0.2) is 0 Å². The van der Waals surface area contributed by atoms with E-state index in [2.05, 4.69) is 16.0 Å². The largest absolute Gasteiger partial charge is 0.381 e. The molecule has 11 heteroatoms. The number of methoxy groups -OCH3 is 1. The van der Waals surface area contributed by atoms with Crippen LogP contribution in [0.2, 0.25) is 0 Å². The van der Waals surface area contributed by atoms with Crippen LogP contribution in [0, 0.1) is 0 Å². The first-order valence-corrected chi connectivity index (χ1v) is 11.3. The van der Waals surface area contributed by atoms with Crippen molar-refractivity contribution in [3.05, 3.63) is 0 Å². The van der Waals surface area contributed by atoms with Gasteiger partial charge in [-0.2, -0.15) is 0 Å². The first-order valence-electron chi connectivity index (χ1n) is 11.3. The van der Waals surface area contributed by atoms with Crippen LogP contribution in [0.3, 0.4) is 0 Å². The van der Waals surface area contributed by atoms with E-state index in [1.807, 2.05) is 0 Å². The highest BCUT2D eigenvalue weighted by Gasteiger charge is 2.40. The van der Waals surface area contributed by atoms with E-state index in [9.17, 15) is 24.0 Å². The summed E-state index contributed by atoms with van der Waals surface area (Å²) in [4.78, 5) is 63.0. The van der Waals surface area contributed by atoms with Crippen LogP contribution < -0.4 is 21.7 Å². The molecule has 2 heterocycles. The molecule has 1 saturated carbocycles. The van der Waals surface area contributed by atoms with Gasteiger partial charge < -0.3 is 31.3 Å². The number of amides is 5. The second-order valence-electron chi connectivity index (χ2n) is 8.80. The van der Waals surface area contributed by atoms with Crippen LogP contribution in [0.25, 0.3) is 0 Å². The Kier molecular flexibility index (Phi) is 8.05. The number of rotatable bonds is 8. The van der Waals surface area contributed by atoms with Gasteiger partial charge in [-0.05, 0) is 44.9 Å². The Balaban J connectivity index is 1.61. The molecule has 5 N–H and O–H groups in total.